The number of benzene rings is 6. The summed E-state index contributed by atoms with van der Waals surface area (Å²) in [6.45, 7) is 37.9. The molecule has 0 fully saturated rings. The summed E-state index contributed by atoms with van der Waals surface area (Å²) >= 11 is -5.87. The van der Waals surface area contributed by atoms with E-state index in [1.807, 2.05) is 0 Å². The first-order chi connectivity index (χ1) is 35.7. The number of allylic oxidation sites excluding steroid dienone is 2. The van der Waals surface area contributed by atoms with Crippen LogP contribution in [0.15, 0.2) is 114 Å². The van der Waals surface area contributed by atoms with E-state index < -0.39 is 25.9 Å². The molecule has 401 valence electrons. The molecule has 1 aliphatic heterocycles. The van der Waals surface area contributed by atoms with Crippen molar-refractivity contribution in [1.82, 2.24) is 0 Å². The van der Waals surface area contributed by atoms with Gasteiger partial charge in [-0.05, 0) is 0 Å². The Morgan fingerprint density at radius 3 is 1.25 bits per heavy atom. The molecule has 2 aliphatic carbocycles. The van der Waals surface area contributed by atoms with E-state index in [2.05, 4.69) is 226 Å². The quantitative estimate of drug-likeness (QED) is 0.0898. The zero-order chi connectivity index (χ0) is 54.9. The molecule has 6 aromatic carbocycles. The van der Waals surface area contributed by atoms with Crippen LogP contribution >= 0.6 is 17.0 Å². The van der Waals surface area contributed by atoms with E-state index in [4.69, 9.17) is 0 Å². The third-order valence-electron chi connectivity index (χ3n) is 17.8. The number of hydrogen-bond donors (Lipinski definition) is 0. The van der Waals surface area contributed by atoms with Crippen LogP contribution in [0.3, 0.4) is 0 Å². The third-order valence-corrected chi connectivity index (χ3v) is 40.6. The van der Waals surface area contributed by atoms with Gasteiger partial charge >= 0.3 is 476 Å². The van der Waals surface area contributed by atoms with Gasteiger partial charge in [-0.25, -0.2) is 0 Å². The average molecular weight is 1150 g/mol. The molecule has 0 nitrogen and oxygen atoms in total. The molecule has 0 N–H and O–H groups in total. The number of rotatable bonds is 15. The standard InChI is InChI=1S/2C30H41.C12H9Si.2ClH.Zr/c2*1-9-11-13-21-16-23-15-14-22(12-10-2)28(27(23)17-21)24-18-25(29(3,4)5)20-26(19-24)30(6,7)8;1-3-7-11-9(5-1)10-6-2-4-8-12(10)13-11;;;/h2*14-20H,9-13H2,1-8H3;1-7H,13H2;2*1H;/q;;;;;+2/p-2. The fourth-order valence-corrected chi connectivity index (χ4v) is 41.5. The second kappa shape index (κ2) is 21.2. The fraction of sp³-hybridized carbons (Fsp3) is 0.444. The van der Waals surface area contributed by atoms with Crippen LogP contribution in [0.5, 0.6) is 0 Å². The Morgan fingerprint density at radius 2 is 0.855 bits per heavy atom. The molecule has 3 aliphatic rings. The number of aryl methyl sites for hydroxylation is 2. The summed E-state index contributed by atoms with van der Waals surface area (Å²) in [4.78, 5) is 0. The van der Waals surface area contributed by atoms with Gasteiger partial charge in [0.1, 0.15) is 0 Å². The molecular weight excluding hydrogens is 1060 g/mol. The summed E-state index contributed by atoms with van der Waals surface area (Å²) in [6.07, 6.45) is 15.9. The van der Waals surface area contributed by atoms with Crippen LogP contribution in [-0.4, -0.2) is 9.52 Å². The Kier molecular flexibility index (Phi) is 15.9. The van der Waals surface area contributed by atoms with Crippen molar-refractivity contribution in [3.05, 3.63) is 170 Å². The predicted octanol–water partition coefficient (Wildman–Crippen LogP) is 19.5. The van der Waals surface area contributed by atoms with Gasteiger partial charge in [0, 0.05) is 0 Å². The normalized spacial score (nSPS) is 17.3. The van der Waals surface area contributed by atoms with Gasteiger partial charge in [0.05, 0.1) is 0 Å². The van der Waals surface area contributed by atoms with Crippen LogP contribution in [0.4, 0.5) is 0 Å². The molecule has 0 saturated heterocycles. The summed E-state index contributed by atoms with van der Waals surface area (Å²) in [5.41, 5.74) is 24.9. The van der Waals surface area contributed by atoms with Crippen LogP contribution in [0.25, 0.3) is 45.5 Å². The van der Waals surface area contributed by atoms with Crippen molar-refractivity contribution in [2.24, 2.45) is 0 Å². The van der Waals surface area contributed by atoms with Gasteiger partial charge in [0.2, 0.25) is 0 Å². The van der Waals surface area contributed by atoms with Crippen molar-refractivity contribution in [3.63, 3.8) is 0 Å². The number of halogens is 2. The van der Waals surface area contributed by atoms with Gasteiger partial charge in [0.15, 0.2) is 0 Å². The second-order valence-corrected chi connectivity index (χ2v) is 50.1. The summed E-state index contributed by atoms with van der Waals surface area (Å²) in [5.74, 6) is 0. The Labute approximate surface area is 472 Å². The first-order valence-electron chi connectivity index (χ1n) is 29.6. The van der Waals surface area contributed by atoms with Gasteiger partial charge in [-0.3, -0.25) is 0 Å². The van der Waals surface area contributed by atoms with E-state index >= 15 is 0 Å². The van der Waals surface area contributed by atoms with E-state index in [9.17, 15) is 17.0 Å². The molecule has 1 heterocycles. The van der Waals surface area contributed by atoms with Gasteiger partial charge < -0.3 is 0 Å². The molecule has 0 radical (unpaired) electrons. The Bertz CT molecular complexity index is 3030. The summed E-state index contributed by atoms with van der Waals surface area (Å²) < 4.78 is 1.10. The van der Waals surface area contributed by atoms with Crippen molar-refractivity contribution < 1.29 is 16.4 Å². The molecule has 9 rings (SSSR count). The monoisotopic (exact) mass is 1140 g/mol. The van der Waals surface area contributed by atoms with Gasteiger partial charge in [-0.1, -0.05) is 0 Å². The van der Waals surface area contributed by atoms with Crippen molar-refractivity contribution in [2.45, 2.75) is 204 Å². The SMILES string of the molecule is CCCCC1=Cc2c(ccc(CCC)c2-c2cc(C(C)(C)C)cc(C(C)(C)C)c2)[CH]1[Zr]([Cl])([Cl])([c]1cccc2c1[SiH2]c1ccccc1-2)[CH]1C(CCCC)=Cc2c1ccc(CCC)c2-c1cc(C(C)(C)C)cc(C(C)(C)C)c1. The van der Waals surface area contributed by atoms with Crippen molar-refractivity contribution >= 4 is 52.3 Å². The van der Waals surface area contributed by atoms with Crippen molar-refractivity contribution in [1.29, 1.82) is 0 Å². The molecule has 6 aromatic rings. The molecule has 0 saturated carbocycles. The van der Waals surface area contributed by atoms with Crippen molar-refractivity contribution in [3.8, 4) is 33.4 Å². The maximum atomic E-state index is 9.82. The Hall–Kier alpha value is -3.52. The van der Waals surface area contributed by atoms with E-state index in [1.165, 1.54) is 114 Å². The van der Waals surface area contributed by atoms with E-state index in [-0.39, 0.29) is 28.9 Å². The van der Waals surface area contributed by atoms with Crippen molar-refractivity contribution in [2.75, 3.05) is 0 Å². The van der Waals surface area contributed by atoms with Crippen LogP contribution in [0, 0.1) is 0 Å². The van der Waals surface area contributed by atoms with Gasteiger partial charge in [0.25, 0.3) is 0 Å². The van der Waals surface area contributed by atoms with Crippen LogP contribution in [-0.2, 0) is 50.9 Å². The minimum atomic E-state index is -5.87. The molecular formula is C72H91Cl2SiZr. The summed E-state index contributed by atoms with van der Waals surface area (Å²) in [5, 5.41) is 3.01. The van der Waals surface area contributed by atoms with Crippen LogP contribution < -0.4 is 13.6 Å². The van der Waals surface area contributed by atoms with Gasteiger partial charge in [-0.2, -0.15) is 0 Å². The molecule has 0 spiro atoms. The first kappa shape index (κ1) is 57.2. The summed E-state index contributed by atoms with van der Waals surface area (Å²) in [7, 11) is 18.7. The Morgan fingerprint density at radius 1 is 0.447 bits per heavy atom. The van der Waals surface area contributed by atoms with Crippen LogP contribution in [0.2, 0.25) is 0 Å². The third kappa shape index (κ3) is 10.3. The first-order valence-corrected chi connectivity index (χ1v) is 41.4. The molecule has 2 unspecified atom stereocenters. The molecule has 2 atom stereocenters. The summed E-state index contributed by atoms with van der Waals surface area (Å²) in [6, 6.07) is 41.6. The Balaban J connectivity index is 1.42. The average Bonchev–Trinajstić information content (AvgIpc) is 4.24. The van der Waals surface area contributed by atoms with E-state index in [1.54, 1.807) is 0 Å². The number of hydrogen-bond acceptors (Lipinski definition) is 0. The molecule has 0 aromatic heterocycles. The zero-order valence-corrected chi connectivity index (χ0v) is 55.0. The zero-order valence-electron chi connectivity index (χ0n) is 49.7. The van der Waals surface area contributed by atoms with Crippen LogP contribution in [0.1, 0.15) is 225 Å². The number of fused-ring (bicyclic) bond motifs is 5. The molecule has 0 amide bonds. The topological polar surface area (TPSA) is 0 Å². The number of unbranched alkanes of at least 4 members (excludes halogenated alkanes) is 2. The molecule has 4 heteroatoms. The van der Waals surface area contributed by atoms with E-state index in [0.717, 1.165) is 64.2 Å². The second-order valence-electron chi connectivity index (χ2n) is 27.6. The molecule has 76 heavy (non-hydrogen) atoms. The van der Waals surface area contributed by atoms with Gasteiger partial charge in [-0.15, -0.1) is 0 Å². The van der Waals surface area contributed by atoms with E-state index in [0.29, 0.717) is 0 Å². The predicted molar refractivity (Wildman–Crippen MR) is 338 cm³/mol. The molecule has 0 bridgehead atoms. The fourth-order valence-electron chi connectivity index (χ4n) is 13.6. The minimum absolute atomic E-state index is 0.0179. The maximum absolute atomic E-state index is 9.82.